The van der Waals surface area contributed by atoms with E-state index in [9.17, 15) is 4.79 Å². The van der Waals surface area contributed by atoms with Crippen molar-refractivity contribution in [2.75, 3.05) is 6.61 Å². The van der Waals surface area contributed by atoms with Gasteiger partial charge in [0, 0.05) is 23.1 Å². The lowest BCUT2D eigenvalue weighted by molar-refractivity contribution is -0.139. The van der Waals surface area contributed by atoms with Crippen LogP contribution < -0.4 is 4.74 Å². The Hall–Kier alpha value is -4.12. The number of carboxylic acid groups (broad SMARTS) is 1. The van der Waals surface area contributed by atoms with Crippen LogP contribution >= 0.6 is 0 Å². The number of oxazole rings is 1. The Morgan fingerprint density at radius 3 is 2.46 bits per heavy atom. The highest BCUT2D eigenvalue weighted by atomic mass is 16.5. The minimum absolute atomic E-state index is 0.212. The number of benzene rings is 3. The van der Waals surface area contributed by atoms with Crippen molar-refractivity contribution in [1.82, 2.24) is 4.98 Å². The summed E-state index contributed by atoms with van der Waals surface area (Å²) in [6, 6.07) is 27.9. The maximum Gasteiger partial charge on any atom is 0.341 e. The molecule has 1 fully saturated rings. The third-order valence-electron chi connectivity index (χ3n) is 6.31. The topological polar surface area (TPSA) is 72.6 Å². The number of allylic oxidation sites excluding steroid dienone is 1. The van der Waals surface area contributed by atoms with Gasteiger partial charge in [-0.15, -0.1) is 0 Å². The molecule has 1 aromatic heterocycles. The van der Waals surface area contributed by atoms with E-state index in [0.717, 1.165) is 53.8 Å². The predicted octanol–water partition coefficient (Wildman–Crippen LogP) is 7.21. The molecule has 1 unspecified atom stereocenters. The highest BCUT2D eigenvalue weighted by molar-refractivity contribution is 5.77. The molecule has 0 spiro atoms. The number of hydrogen-bond acceptors (Lipinski definition) is 4. The summed E-state index contributed by atoms with van der Waals surface area (Å²) in [5.41, 5.74) is 5.24. The van der Waals surface area contributed by atoms with Gasteiger partial charge >= 0.3 is 5.97 Å². The summed E-state index contributed by atoms with van der Waals surface area (Å²) in [5, 5.41) is 8.94. The van der Waals surface area contributed by atoms with Crippen LogP contribution in [0.5, 0.6) is 5.75 Å². The molecule has 1 saturated carbocycles. The zero-order valence-electron chi connectivity index (χ0n) is 19.4. The van der Waals surface area contributed by atoms with Crippen molar-refractivity contribution in [2.24, 2.45) is 0 Å². The summed E-state index contributed by atoms with van der Waals surface area (Å²) < 4.78 is 11.8. The number of ether oxygens (including phenoxy) is 1. The third kappa shape index (κ3) is 5.35. The van der Waals surface area contributed by atoms with Crippen LogP contribution in [0.3, 0.4) is 0 Å². The van der Waals surface area contributed by atoms with Crippen LogP contribution in [-0.2, 0) is 4.79 Å². The molecule has 1 aliphatic carbocycles. The number of nitrogens with zero attached hydrogens (tertiary/aromatic N) is 1. The number of carbonyl (C=O) groups is 1. The molecule has 1 N–H and O–H groups in total. The average molecular weight is 466 g/mol. The summed E-state index contributed by atoms with van der Waals surface area (Å²) in [4.78, 5) is 15.8. The Kier molecular flexibility index (Phi) is 6.75. The fraction of sp³-hybridized carbons (Fsp3) is 0.200. The van der Waals surface area contributed by atoms with E-state index >= 15 is 0 Å². The largest absolute Gasteiger partial charge is 0.482 e. The highest BCUT2D eigenvalue weighted by Gasteiger charge is 2.23. The van der Waals surface area contributed by atoms with Crippen LogP contribution in [0.15, 0.2) is 94.9 Å². The molecule has 0 saturated heterocycles. The summed E-state index contributed by atoms with van der Waals surface area (Å²) in [5.74, 6) is 1.16. The van der Waals surface area contributed by atoms with Gasteiger partial charge in [0.25, 0.3) is 0 Å². The number of aliphatic carboxylic acids is 1. The SMILES string of the molecule is O=C(O)COc1cccc(C2CCCC/C2=C/c2nc(-c3ccccc3)c(-c3ccccc3)o2)c1. The van der Waals surface area contributed by atoms with Crippen molar-refractivity contribution in [3.05, 3.63) is 102 Å². The van der Waals surface area contributed by atoms with Gasteiger partial charge in [0.2, 0.25) is 5.89 Å². The second-order valence-electron chi connectivity index (χ2n) is 8.73. The molecule has 5 nitrogen and oxygen atoms in total. The van der Waals surface area contributed by atoms with E-state index < -0.39 is 5.97 Å². The van der Waals surface area contributed by atoms with Crippen molar-refractivity contribution in [1.29, 1.82) is 0 Å². The van der Waals surface area contributed by atoms with Crippen LogP contribution in [0.2, 0.25) is 0 Å². The predicted molar refractivity (Wildman–Crippen MR) is 136 cm³/mol. The number of aromatic nitrogens is 1. The molecule has 0 amide bonds. The molecule has 0 radical (unpaired) electrons. The summed E-state index contributed by atoms with van der Waals surface area (Å²) in [7, 11) is 0. The van der Waals surface area contributed by atoms with E-state index in [1.807, 2.05) is 72.8 Å². The quantitative estimate of drug-likeness (QED) is 0.312. The Balaban J connectivity index is 1.51. The number of hydrogen-bond donors (Lipinski definition) is 1. The van der Waals surface area contributed by atoms with Gasteiger partial charge < -0.3 is 14.3 Å². The van der Waals surface area contributed by atoms with Gasteiger partial charge in [-0.2, -0.15) is 0 Å². The van der Waals surface area contributed by atoms with Gasteiger partial charge in [-0.3, -0.25) is 0 Å². The highest BCUT2D eigenvalue weighted by Crippen LogP contribution is 2.40. The molecule has 5 heteroatoms. The molecule has 0 bridgehead atoms. The third-order valence-corrected chi connectivity index (χ3v) is 6.31. The summed E-state index contributed by atoms with van der Waals surface area (Å²) >= 11 is 0. The fourth-order valence-electron chi connectivity index (χ4n) is 4.69. The molecule has 4 aromatic rings. The first kappa shape index (κ1) is 22.7. The Labute approximate surface area is 204 Å². The monoisotopic (exact) mass is 465 g/mol. The van der Waals surface area contributed by atoms with Gasteiger partial charge in [0.05, 0.1) is 0 Å². The molecule has 0 aliphatic heterocycles. The van der Waals surface area contributed by atoms with Crippen LogP contribution in [0, 0.1) is 0 Å². The van der Waals surface area contributed by atoms with Gasteiger partial charge in [0.15, 0.2) is 12.4 Å². The van der Waals surface area contributed by atoms with E-state index in [-0.39, 0.29) is 12.5 Å². The lowest BCUT2D eigenvalue weighted by atomic mass is 9.79. The second-order valence-corrected chi connectivity index (χ2v) is 8.73. The molecule has 35 heavy (non-hydrogen) atoms. The van der Waals surface area contributed by atoms with Crippen LogP contribution in [0.25, 0.3) is 28.7 Å². The molecule has 176 valence electrons. The van der Waals surface area contributed by atoms with Crippen LogP contribution in [0.4, 0.5) is 0 Å². The van der Waals surface area contributed by atoms with Crippen molar-refractivity contribution >= 4 is 12.0 Å². The maximum absolute atomic E-state index is 10.9. The lowest BCUT2D eigenvalue weighted by Crippen LogP contribution is -2.11. The Morgan fingerprint density at radius 1 is 0.971 bits per heavy atom. The van der Waals surface area contributed by atoms with Crippen molar-refractivity contribution in [2.45, 2.75) is 31.6 Å². The van der Waals surface area contributed by atoms with Crippen LogP contribution in [-0.4, -0.2) is 22.7 Å². The van der Waals surface area contributed by atoms with E-state index in [2.05, 4.69) is 12.1 Å². The van der Waals surface area contributed by atoms with E-state index in [0.29, 0.717) is 11.6 Å². The Morgan fingerprint density at radius 2 is 1.71 bits per heavy atom. The van der Waals surface area contributed by atoms with E-state index in [1.165, 1.54) is 5.57 Å². The van der Waals surface area contributed by atoms with Crippen molar-refractivity contribution < 1.29 is 19.1 Å². The minimum atomic E-state index is -0.985. The molecule has 3 aromatic carbocycles. The average Bonchev–Trinajstić information content (AvgIpc) is 3.33. The van der Waals surface area contributed by atoms with Crippen molar-refractivity contribution in [3.8, 4) is 28.3 Å². The molecular weight excluding hydrogens is 438 g/mol. The Bertz CT molecular complexity index is 1270. The number of rotatable bonds is 7. The maximum atomic E-state index is 10.9. The van der Waals surface area contributed by atoms with E-state index in [1.54, 1.807) is 6.07 Å². The zero-order valence-corrected chi connectivity index (χ0v) is 19.4. The van der Waals surface area contributed by atoms with Gasteiger partial charge in [-0.25, -0.2) is 9.78 Å². The lowest BCUT2D eigenvalue weighted by Gasteiger charge is -2.26. The van der Waals surface area contributed by atoms with Gasteiger partial charge in [-0.1, -0.05) is 84.8 Å². The first-order valence-electron chi connectivity index (χ1n) is 11.9. The molecule has 1 heterocycles. The van der Waals surface area contributed by atoms with E-state index in [4.69, 9.17) is 19.2 Å². The first-order valence-corrected chi connectivity index (χ1v) is 11.9. The molecule has 1 aliphatic rings. The molecular formula is C30H27NO4. The normalized spacial score (nSPS) is 16.8. The summed E-state index contributed by atoms with van der Waals surface area (Å²) in [6.07, 6.45) is 6.34. The minimum Gasteiger partial charge on any atom is -0.482 e. The number of carboxylic acids is 1. The summed E-state index contributed by atoms with van der Waals surface area (Å²) in [6.45, 7) is -0.350. The van der Waals surface area contributed by atoms with Crippen LogP contribution in [0.1, 0.15) is 43.1 Å². The van der Waals surface area contributed by atoms with Crippen molar-refractivity contribution in [3.63, 3.8) is 0 Å². The smallest absolute Gasteiger partial charge is 0.341 e. The van der Waals surface area contributed by atoms with Gasteiger partial charge in [0.1, 0.15) is 11.4 Å². The second kappa shape index (κ2) is 10.4. The first-order chi connectivity index (χ1) is 17.2. The standard InChI is InChI=1S/C30H27NO4/c32-28(33)20-34-25-16-9-15-23(18-25)26-17-8-7-14-24(26)19-27-31-29(21-10-3-1-4-11-21)30(35-27)22-12-5-2-6-13-22/h1-6,9-13,15-16,18-19,26H,7-8,14,17,20H2,(H,32,33)/b24-19-. The zero-order chi connectivity index (χ0) is 24.0. The van der Waals surface area contributed by atoms with Gasteiger partial charge in [-0.05, 0) is 37.0 Å². The molecule has 5 rings (SSSR count). The fourth-order valence-corrected chi connectivity index (χ4v) is 4.69. The molecule has 1 atom stereocenters.